The molecule has 4 nitrogen and oxygen atoms in total. The lowest BCUT2D eigenvalue weighted by Crippen LogP contribution is -1.94. The summed E-state index contributed by atoms with van der Waals surface area (Å²) < 4.78 is 0. The van der Waals surface area contributed by atoms with Gasteiger partial charge in [0.2, 0.25) is 0 Å². The number of para-hydroxylation sites is 1. The van der Waals surface area contributed by atoms with E-state index in [1.165, 1.54) is 0 Å². The van der Waals surface area contributed by atoms with Crippen molar-refractivity contribution in [3.63, 3.8) is 0 Å². The molecule has 0 aliphatic carbocycles. The Hall–Kier alpha value is -2.10. The van der Waals surface area contributed by atoms with E-state index in [1.54, 1.807) is 37.4 Å². The standard InChI is InChI=1S/C14H18N2O2/c1-11(9-12(2)17)16-8-7-15-10-13-5-3-4-6-14(13)18/h3-6,9-10,17-18H,7-8H2,1-2H3/b12-9-,15-10+,16-11+. The quantitative estimate of drug-likeness (QED) is 0.476. The average molecular weight is 246 g/mol. The number of nitrogens with zero attached hydrogens (tertiary/aromatic N) is 2. The van der Waals surface area contributed by atoms with Crippen LogP contribution in [-0.2, 0) is 0 Å². The van der Waals surface area contributed by atoms with Crippen LogP contribution in [0.25, 0.3) is 0 Å². The van der Waals surface area contributed by atoms with E-state index >= 15 is 0 Å². The zero-order valence-corrected chi connectivity index (χ0v) is 10.7. The molecule has 1 rings (SSSR count). The van der Waals surface area contributed by atoms with Gasteiger partial charge in [0, 0.05) is 17.5 Å². The van der Waals surface area contributed by atoms with E-state index in [0.717, 1.165) is 5.71 Å². The number of aliphatic hydroxyl groups is 1. The van der Waals surface area contributed by atoms with E-state index in [0.29, 0.717) is 18.7 Å². The van der Waals surface area contributed by atoms with Crippen LogP contribution in [0, 0.1) is 0 Å². The number of hydrogen-bond acceptors (Lipinski definition) is 4. The fraction of sp³-hybridized carbons (Fsp3) is 0.286. The van der Waals surface area contributed by atoms with Crippen LogP contribution in [0.2, 0.25) is 0 Å². The molecule has 0 bridgehead atoms. The maximum Gasteiger partial charge on any atom is 0.124 e. The maximum atomic E-state index is 9.50. The van der Waals surface area contributed by atoms with E-state index in [1.807, 2.05) is 13.0 Å². The first-order valence-electron chi connectivity index (χ1n) is 5.75. The van der Waals surface area contributed by atoms with E-state index in [2.05, 4.69) is 9.98 Å². The first kappa shape index (κ1) is 14.0. The SMILES string of the molecule is C/C(O)=C/C(C)=N/CC/N=C/c1ccccc1O. The molecule has 4 heteroatoms. The summed E-state index contributed by atoms with van der Waals surface area (Å²) in [5, 5.41) is 18.5. The first-order valence-corrected chi connectivity index (χ1v) is 5.75. The van der Waals surface area contributed by atoms with E-state index in [4.69, 9.17) is 5.11 Å². The molecule has 1 aromatic carbocycles. The van der Waals surface area contributed by atoms with Gasteiger partial charge < -0.3 is 10.2 Å². The van der Waals surface area contributed by atoms with E-state index < -0.39 is 0 Å². The average Bonchev–Trinajstić information content (AvgIpc) is 2.30. The molecular formula is C14H18N2O2. The van der Waals surface area contributed by atoms with Crippen molar-refractivity contribution in [1.29, 1.82) is 0 Å². The zero-order valence-electron chi connectivity index (χ0n) is 10.7. The van der Waals surface area contributed by atoms with E-state index in [-0.39, 0.29) is 11.5 Å². The normalized spacial score (nSPS) is 13.2. The second kappa shape index (κ2) is 7.27. The van der Waals surface area contributed by atoms with Crippen molar-refractivity contribution in [1.82, 2.24) is 0 Å². The summed E-state index contributed by atoms with van der Waals surface area (Å²) in [5.41, 5.74) is 1.47. The second-order valence-electron chi connectivity index (χ2n) is 3.90. The van der Waals surface area contributed by atoms with Gasteiger partial charge >= 0.3 is 0 Å². The molecule has 0 radical (unpaired) electrons. The smallest absolute Gasteiger partial charge is 0.124 e. The summed E-state index contributed by atoms with van der Waals surface area (Å²) in [7, 11) is 0. The third kappa shape index (κ3) is 5.30. The Bertz CT molecular complexity index is 472. The number of aliphatic imine (C=N–C) groups is 2. The number of aliphatic hydroxyl groups excluding tert-OH is 1. The molecule has 0 heterocycles. The molecule has 0 aliphatic heterocycles. The lowest BCUT2D eigenvalue weighted by molar-refractivity contribution is 0.415. The Morgan fingerprint density at radius 2 is 1.94 bits per heavy atom. The van der Waals surface area contributed by atoms with Crippen LogP contribution in [0.3, 0.4) is 0 Å². The number of aromatic hydroxyl groups is 1. The lowest BCUT2D eigenvalue weighted by Gasteiger charge is -1.97. The molecular weight excluding hydrogens is 228 g/mol. The Kier molecular flexibility index (Phi) is 5.64. The van der Waals surface area contributed by atoms with Crippen LogP contribution in [0.15, 0.2) is 46.1 Å². The molecule has 0 amide bonds. The van der Waals surface area contributed by atoms with Gasteiger partial charge in [0.05, 0.1) is 18.8 Å². The molecule has 0 fully saturated rings. The minimum absolute atomic E-state index is 0.222. The molecule has 0 saturated heterocycles. The highest BCUT2D eigenvalue weighted by molar-refractivity contribution is 5.93. The predicted molar refractivity (Wildman–Crippen MR) is 74.9 cm³/mol. The molecule has 2 N–H and O–H groups in total. The third-order valence-corrected chi connectivity index (χ3v) is 2.18. The van der Waals surface area contributed by atoms with Gasteiger partial charge in [-0.15, -0.1) is 0 Å². The highest BCUT2D eigenvalue weighted by atomic mass is 16.3. The van der Waals surface area contributed by atoms with Gasteiger partial charge in [-0.25, -0.2) is 0 Å². The summed E-state index contributed by atoms with van der Waals surface area (Å²) in [6, 6.07) is 7.03. The summed E-state index contributed by atoms with van der Waals surface area (Å²) >= 11 is 0. The van der Waals surface area contributed by atoms with Gasteiger partial charge in [0.15, 0.2) is 0 Å². The molecule has 0 spiro atoms. The number of allylic oxidation sites excluding steroid dienone is 2. The monoisotopic (exact) mass is 246 g/mol. The molecule has 1 aromatic rings. The van der Waals surface area contributed by atoms with Crippen molar-refractivity contribution in [2.75, 3.05) is 13.1 Å². The fourth-order valence-electron chi connectivity index (χ4n) is 1.39. The van der Waals surface area contributed by atoms with Crippen molar-refractivity contribution < 1.29 is 10.2 Å². The Labute approximate surface area is 107 Å². The fourth-order valence-corrected chi connectivity index (χ4v) is 1.39. The van der Waals surface area contributed by atoms with E-state index in [9.17, 15) is 5.11 Å². The molecule has 0 aromatic heterocycles. The van der Waals surface area contributed by atoms with Gasteiger partial charge in [-0.1, -0.05) is 12.1 Å². The van der Waals surface area contributed by atoms with Gasteiger partial charge in [-0.2, -0.15) is 0 Å². The summed E-state index contributed by atoms with van der Waals surface area (Å²) in [5.74, 6) is 0.466. The van der Waals surface area contributed by atoms with Gasteiger partial charge in [0.1, 0.15) is 5.75 Å². The largest absolute Gasteiger partial charge is 0.513 e. The molecule has 0 aliphatic rings. The topological polar surface area (TPSA) is 65.2 Å². The Balaban J connectivity index is 2.43. The summed E-state index contributed by atoms with van der Waals surface area (Å²) in [4.78, 5) is 8.40. The predicted octanol–water partition coefficient (Wildman–Crippen LogP) is 2.73. The molecule has 0 atom stereocenters. The number of phenols is 1. The van der Waals surface area contributed by atoms with Crippen molar-refractivity contribution in [2.24, 2.45) is 9.98 Å². The number of phenolic OH excluding ortho intramolecular Hbond substituents is 1. The lowest BCUT2D eigenvalue weighted by atomic mass is 10.2. The second-order valence-corrected chi connectivity index (χ2v) is 3.90. The van der Waals surface area contributed by atoms with Crippen LogP contribution in [0.4, 0.5) is 0 Å². The molecule has 0 unspecified atom stereocenters. The summed E-state index contributed by atoms with van der Waals surface area (Å²) in [6.45, 7) is 4.53. The molecule has 0 saturated carbocycles. The van der Waals surface area contributed by atoms with Gasteiger partial charge in [-0.05, 0) is 32.1 Å². The van der Waals surface area contributed by atoms with Crippen molar-refractivity contribution in [3.05, 3.63) is 41.7 Å². The van der Waals surface area contributed by atoms with Crippen molar-refractivity contribution >= 4 is 11.9 Å². The highest BCUT2D eigenvalue weighted by Gasteiger charge is 1.93. The minimum atomic E-state index is 0.222. The highest BCUT2D eigenvalue weighted by Crippen LogP contribution is 2.12. The van der Waals surface area contributed by atoms with Gasteiger partial charge in [0.25, 0.3) is 0 Å². The zero-order chi connectivity index (χ0) is 13.4. The third-order valence-electron chi connectivity index (χ3n) is 2.18. The minimum Gasteiger partial charge on any atom is -0.513 e. The number of benzene rings is 1. The van der Waals surface area contributed by atoms with Crippen molar-refractivity contribution in [3.8, 4) is 5.75 Å². The Morgan fingerprint density at radius 1 is 1.22 bits per heavy atom. The Morgan fingerprint density at radius 3 is 2.61 bits per heavy atom. The molecule has 96 valence electrons. The van der Waals surface area contributed by atoms with Crippen molar-refractivity contribution in [2.45, 2.75) is 13.8 Å². The van der Waals surface area contributed by atoms with Gasteiger partial charge in [-0.3, -0.25) is 9.98 Å². The van der Waals surface area contributed by atoms with Crippen LogP contribution in [0.1, 0.15) is 19.4 Å². The maximum absolute atomic E-state index is 9.50. The van der Waals surface area contributed by atoms with Crippen LogP contribution in [-0.4, -0.2) is 35.2 Å². The number of rotatable bonds is 5. The van der Waals surface area contributed by atoms with Crippen LogP contribution >= 0.6 is 0 Å². The number of hydrogen-bond donors (Lipinski definition) is 2. The van der Waals surface area contributed by atoms with Crippen LogP contribution in [0.5, 0.6) is 5.75 Å². The molecule has 18 heavy (non-hydrogen) atoms. The van der Waals surface area contributed by atoms with Crippen LogP contribution < -0.4 is 0 Å². The first-order chi connectivity index (χ1) is 8.59. The summed E-state index contributed by atoms with van der Waals surface area (Å²) in [6.07, 6.45) is 3.24.